The number of nitrogens with zero attached hydrogens (tertiary/aromatic N) is 4. The molecule has 0 radical (unpaired) electrons. The Morgan fingerprint density at radius 2 is 1.69 bits per heavy atom. The van der Waals surface area contributed by atoms with Crippen molar-refractivity contribution in [1.29, 1.82) is 0 Å². The van der Waals surface area contributed by atoms with Crippen LogP contribution in [0.2, 0.25) is 0 Å². The van der Waals surface area contributed by atoms with E-state index < -0.39 is 27.6 Å². The Morgan fingerprint density at radius 1 is 0.952 bits per heavy atom. The maximum absolute atomic E-state index is 14.3. The van der Waals surface area contributed by atoms with Crippen LogP contribution in [0.15, 0.2) is 75.8 Å². The molecule has 0 atom stereocenters. The van der Waals surface area contributed by atoms with Gasteiger partial charge in [-0.25, -0.2) is 27.2 Å². The highest BCUT2D eigenvalue weighted by molar-refractivity contribution is 7.92. The van der Waals surface area contributed by atoms with Crippen LogP contribution in [-0.2, 0) is 10.0 Å². The molecule has 1 amide bonds. The number of aromatic nitrogens is 3. The van der Waals surface area contributed by atoms with Crippen LogP contribution in [0.3, 0.4) is 0 Å². The highest BCUT2D eigenvalue weighted by Crippen LogP contribution is 2.41. The minimum Gasteiger partial charge on any atom is -0.455 e. The summed E-state index contributed by atoms with van der Waals surface area (Å²) in [5.41, 5.74) is 1.92. The second kappa shape index (κ2) is 10.0. The lowest BCUT2D eigenvalue weighted by atomic mass is 10.0. The zero-order valence-corrected chi connectivity index (χ0v) is 23.2. The van der Waals surface area contributed by atoms with Gasteiger partial charge in [-0.3, -0.25) is 14.1 Å². The van der Waals surface area contributed by atoms with Gasteiger partial charge in [0.2, 0.25) is 15.9 Å². The zero-order chi connectivity index (χ0) is 29.8. The second-order valence-electron chi connectivity index (χ2n) is 9.38. The standard InChI is InChI=1S/C29H21F2N5O5S/c1-32-28(37)25-18-11-17(20-13-33-14-21(34-20)29-35-26-19(31)5-4-6-23(26)41-29)22(36(2)42(3,38)39)12-24(18)40-27(25)15-7-9-16(30)10-8-15/h4-14H,1-3H3,(H,32,37). The number of rotatable bonds is 6. The lowest BCUT2D eigenvalue weighted by molar-refractivity contribution is 0.0964. The van der Waals surface area contributed by atoms with E-state index in [2.05, 4.69) is 20.3 Å². The lowest BCUT2D eigenvalue weighted by Crippen LogP contribution is -2.25. The first kappa shape index (κ1) is 27.0. The number of amides is 1. The molecule has 0 saturated heterocycles. The third kappa shape index (κ3) is 4.63. The number of benzene rings is 3. The van der Waals surface area contributed by atoms with Crippen LogP contribution in [0.5, 0.6) is 0 Å². The van der Waals surface area contributed by atoms with Crippen molar-refractivity contribution >= 4 is 43.7 Å². The van der Waals surface area contributed by atoms with E-state index in [9.17, 15) is 22.0 Å². The summed E-state index contributed by atoms with van der Waals surface area (Å²) in [6, 6.07) is 12.8. The van der Waals surface area contributed by atoms with Gasteiger partial charge in [0, 0.05) is 36.7 Å². The van der Waals surface area contributed by atoms with E-state index in [1.165, 1.54) is 69.0 Å². The number of anilines is 1. The fraction of sp³-hybridized carbons (Fsp3) is 0.103. The summed E-state index contributed by atoms with van der Waals surface area (Å²) in [5.74, 6) is -1.32. The number of sulfonamides is 1. The molecule has 6 aromatic rings. The number of fused-ring (bicyclic) bond motifs is 2. The topological polar surface area (TPSA) is 131 Å². The molecule has 1 N–H and O–H groups in total. The van der Waals surface area contributed by atoms with Gasteiger partial charge in [-0.15, -0.1) is 0 Å². The SMILES string of the molecule is CNC(=O)c1c(-c2ccc(F)cc2)oc2cc(N(C)S(C)(=O)=O)c(-c3cncc(-c4nc5c(F)cccc5o4)n3)cc12. The van der Waals surface area contributed by atoms with Gasteiger partial charge in [-0.05, 0) is 42.5 Å². The molecule has 6 rings (SSSR count). The molecule has 42 heavy (non-hydrogen) atoms. The average Bonchev–Trinajstić information content (AvgIpc) is 3.58. The molecule has 0 bridgehead atoms. The van der Waals surface area contributed by atoms with E-state index in [0.717, 1.165) is 10.6 Å². The van der Waals surface area contributed by atoms with Gasteiger partial charge in [-0.1, -0.05) is 6.07 Å². The Hall–Kier alpha value is -5.17. The van der Waals surface area contributed by atoms with Crippen LogP contribution in [0.25, 0.3) is 56.2 Å². The summed E-state index contributed by atoms with van der Waals surface area (Å²) in [6.45, 7) is 0. The third-order valence-electron chi connectivity index (χ3n) is 6.70. The highest BCUT2D eigenvalue weighted by atomic mass is 32.2. The van der Waals surface area contributed by atoms with Crippen molar-refractivity contribution in [2.45, 2.75) is 0 Å². The Morgan fingerprint density at radius 3 is 2.38 bits per heavy atom. The van der Waals surface area contributed by atoms with Crippen molar-refractivity contribution in [1.82, 2.24) is 20.3 Å². The Kier molecular flexibility index (Phi) is 6.45. The van der Waals surface area contributed by atoms with Crippen LogP contribution in [-0.4, -0.2) is 49.6 Å². The Labute approximate surface area is 237 Å². The summed E-state index contributed by atoms with van der Waals surface area (Å²) in [6.07, 6.45) is 3.83. The van der Waals surface area contributed by atoms with E-state index >= 15 is 0 Å². The van der Waals surface area contributed by atoms with Gasteiger partial charge in [0.25, 0.3) is 5.91 Å². The maximum atomic E-state index is 14.3. The van der Waals surface area contributed by atoms with Gasteiger partial charge in [-0.2, -0.15) is 0 Å². The number of carbonyl (C=O) groups is 1. The first-order chi connectivity index (χ1) is 20.0. The van der Waals surface area contributed by atoms with E-state index in [1.807, 2.05) is 0 Å². The van der Waals surface area contributed by atoms with Crippen LogP contribution >= 0.6 is 0 Å². The molecule has 0 unspecified atom stereocenters. The summed E-state index contributed by atoms with van der Waals surface area (Å²) in [4.78, 5) is 26.2. The van der Waals surface area contributed by atoms with Gasteiger partial charge >= 0.3 is 0 Å². The number of hydrogen-bond acceptors (Lipinski definition) is 8. The van der Waals surface area contributed by atoms with Gasteiger partial charge in [0.15, 0.2) is 11.4 Å². The average molecular weight is 590 g/mol. The monoisotopic (exact) mass is 589 g/mol. The highest BCUT2D eigenvalue weighted by Gasteiger charge is 2.27. The fourth-order valence-corrected chi connectivity index (χ4v) is 5.06. The predicted molar refractivity (Wildman–Crippen MR) is 152 cm³/mol. The fourth-order valence-electron chi connectivity index (χ4n) is 4.55. The van der Waals surface area contributed by atoms with Crippen LogP contribution in [0.4, 0.5) is 14.5 Å². The lowest BCUT2D eigenvalue weighted by Gasteiger charge is -2.20. The van der Waals surface area contributed by atoms with Crippen molar-refractivity contribution in [3.8, 4) is 34.2 Å². The molecule has 3 aromatic carbocycles. The van der Waals surface area contributed by atoms with Gasteiger partial charge < -0.3 is 14.2 Å². The number of carbonyl (C=O) groups excluding carboxylic acids is 1. The summed E-state index contributed by atoms with van der Waals surface area (Å²) >= 11 is 0. The molecule has 13 heteroatoms. The number of oxazole rings is 1. The number of furan rings is 1. The second-order valence-corrected chi connectivity index (χ2v) is 11.4. The molecule has 10 nitrogen and oxygen atoms in total. The summed E-state index contributed by atoms with van der Waals surface area (Å²) in [7, 11) is -0.946. The first-order valence-corrected chi connectivity index (χ1v) is 14.3. The van der Waals surface area contributed by atoms with Crippen molar-refractivity contribution in [3.63, 3.8) is 0 Å². The van der Waals surface area contributed by atoms with Crippen LogP contribution in [0, 0.1) is 11.6 Å². The van der Waals surface area contributed by atoms with Crippen molar-refractivity contribution in [2.75, 3.05) is 24.7 Å². The molecule has 3 heterocycles. The number of hydrogen-bond donors (Lipinski definition) is 1. The minimum absolute atomic E-state index is 0.0107. The van der Waals surface area contributed by atoms with Crippen molar-refractivity contribution < 1.29 is 30.8 Å². The van der Waals surface area contributed by atoms with E-state index in [1.54, 1.807) is 12.1 Å². The Bertz CT molecular complexity index is 2120. The van der Waals surface area contributed by atoms with Crippen molar-refractivity contribution in [2.24, 2.45) is 0 Å². The van der Waals surface area contributed by atoms with E-state index in [-0.39, 0.29) is 51.0 Å². The molecule has 0 aliphatic heterocycles. The molecule has 0 fully saturated rings. The normalized spacial score (nSPS) is 11.7. The maximum Gasteiger partial charge on any atom is 0.255 e. The van der Waals surface area contributed by atoms with Crippen LogP contribution in [0.1, 0.15) is 10.4 Å². The number of para-hydroxylation sites is 1. The summed E-state index contributed by atoms with van der Waals surface area (Å²) < 4.78 is 66.0. The Balaban J connectivity index is 1.60. The van der Waals surface area contributed by atoms with Crippen molar-refractivity contribution in [3.05, 3.63) is 84.2 Å². The minimum atomic E-state index is -3.77. The number of nitrogens with one attached hydrogen (secondary N) is 1. The molecule has 0 spiro atoms. The smallest absolute Gasteiger partial charge is 0.255 e. The first-order valence-electron chi connectivity index (χ1n) is 12.5. The number of halogens is 2. The molecule has 3 aromatic heterocycles. The largest absolute Gasteiger partial charge is 0.455 e. The molecule has 0 aliphatic carbocycles. The predicted octanol–water partition coefficient (Wildman–Crippen LogP) is 5.40. The molecular formula is C29H21F2N5O5S. The summed E-state index contributed by atoms with van der Waals surface area (Å²) in [5, 5.41) is 2.94. The zero-order valence-electron chi connectivity index (χ0n) is 22.3. The van der Waals surface area contributed by atoms with Gasteiger partial charge in [0.05, 0.1) is 35.6 Å². The quantitative estimate of drug-likeness (QED) is 0.273. The molecule has 212 valence electrons. The molecule has 0 saturated carbocycles. The molecular weight excluding hydrogens is 568 g/mol. The van der Waals surface area contributed by atoms with E-state index in [4.69, 9.17) is 8.83 Å². The van der Waals surface area contributed by atoms with Crippen LogP contribution < -0.4 is 9.62 Å². The third-order valence-corrected chi connectivity index (χ3v) is 7.89. The molecule has 0 aliphatic rings. The van der Waals surface area contributed by atoms with Gasteiger partial charge in [0.1, 0.15) is 28.4 Å². The van der Waals surface area contributed by atoms with E-state index in [0.29, 0.717) is 16.5 Å².